The molecule has 1 unspecified atom stereocenters. The number of hydrogen-bond donors (Lipinski definition) is 2. The highest BCUT2D eigenvalue weighted by molar-refractivity contribution is 5.97. The molecule has 31 heavy (non-hydrogen) atoms. The van der Waals surface area contributed by atoms with E-state index >= 15 is 4.39 Å². The summed E-state index contributed by atoms with van der Waals surface area (Å²) in [6, 6.07) is 1.19. The van der Waals surface area contributed by atoms with Crippen molar-refractivity contribution in [2.45, 2.75) is 37.8 Å². The van der Waals surface area contributed by atoms with E-state index in [1.807, 2.05) is 4.90 Å². The molecule has 2 N–H and O–H groups in total. The second-order valence-electron chi connectivity index (χ2n) is 8.30. The zero-order chi connectivity index (χ0) is 22.3. The molecule has 0 amide bonds. The van der Waals surface area contributed by atoms with Gasteiger partial charge in [0.2, 0.25) is 5.43 Å². The van der Waals surface area contributed by atoms with Crippen LogP contribution in [0.5, 0.6) is 5.75 Å². The fraction of sp³-hybridized carbons (Fsp3) is 0.545. The number of pyridine rings is 1. The highest BCUT2D eigenvalue weighted by Gasteiger charge is 2.33. The number of rotatable bonds is 7. The van der Waals surface area contributed by atoms with E-state index in [-0.39, 0.29) is 41.0 Å². The number of anilines is 1. The Kier molecular flexibility index (Phi) is 5.90. The van der Waals surface area contributed by atoms with E-state index in [1.54, 1.807) is 11.7 Å². The molecule has 1 aromatic heterocycles. The standard InChI is InChI=1S/C22H27FN2O6/c1-30-11-17(26)12-5-7-24(8-6-12)19-16(23)9-14-18(21(19)31-2)25(13-3-4-13)10-15(20(14)27)22(28)29/h9-10,12-13,17,26H,3-8,11H2,1-2H3,(H,28,29). The minimum atomic E-state index is -1.33. The van der Waals surface area contributed by atoms with Crippen molar-refractivity contribution in [3.8, 4) is 5.75 Å². The summed E-state index contributed by atoms with van der Waals surface area (Å²) in [5.74, 6) is -1.65. The number of aliphatic hydroxyl groups excluding tert-OH is 1. The number of aliphatic hydroxyl groups is 1. The maximum Gasteiger partial charge on any atom is 0.341 e. The van der Waals surface area contributed by atoms with Crippen molar-refractivity contribution < 1.29 is 28.9 Å². The second-order valence-corrected chi connectivity index (χ2v) is 8.30. The van der Waals surface area contributed by atoms with Gasteiger partial charge in [0.1, 0.15) is 11.3 Å². The van der Waals surface area contributed by atoms with Crippen LogP contribution in [0.3, 0.4) is 0 Å². The maximum absolute atomic E-state index is 15.3. The molecule has 1 aliphatic heterocycles. The number of piperidine rings is 1. The Bertz CT molecular complexity index is 1060. The molecule has 2 aliphatic rings. The average Bonchev–Trinajstić information content (AvgIpc) is 3.59. The molecule has 0 radical (unpaired) electrons. The number of hydrogen-bond acceptors (Lipinski definition) is 6. The Morgan fingerprint density at radius 2 is 1.94 bits per heavy atom. The Morgan fingerprint density at radius 3 is 2.48 bits per heavy atom. The molecule has 1 atom stereocenters. The first-order valence-corrected chi connectivity index (χ1v) is 10.5. The van der Waals surface area contributed by atoms with Gasteiger partial charge in [0.05, 0.1) is 30.7 Å². The number of halogens is 1. The van der Waals surface area contributed by atoms with Crippen LogP contribution in [0, 0.1) is 11.7 Å². The number of aromatic nitrogens is 1. The van der Waals surface area contributed by atoms with Crippen LogP contribution in [-0.2, 0) is 4.74 Å². The first-order chi connectivity index (χ1) is 14.9. The van der Waals surface area contributed by atoms with Crippen LogP contribution < -0.4 is 15.1 Å². The first-order valence-electron chi connectivity index (χ1n) is 10.5. The molecular weight excluding hydrogens is 407 g/mol. The number of nitrogens with zero attached hydrogens (tertiary/aromatic N) is 2. The molecule has 0 spiro atoms. The number of carboxylic acids is 1. The normalized spacial score (nSPS) is 18.4. The van der Waals surface area contributed by atoms with Crippen molar-refractivity contribution in [3.63, 3.8) is 0 Å². The van der Waals surface area contributed by atoms with Crippen molar-refractivity contribution in [2.24, 2.45) is 5.92 Å². The van der Waals surface area contributed by atoms with E-state index in [2.05, 4.69) is 0 Å². The summed E-state index contributed by atoms with van der Waals surface area (Å²) in [6.07, 6.45) is 3.83. The fourth-order valence-corrected chi connectivity index (χ4v) is 4.54. The first kappa shape index (κ1) is 21.6. The van der Waals surface area contributed by atoms with E-state index in [9.17, 15) is 19.8 Å². The van der Waals surface area contributed by atoms with Gasteiger partial charge < -0.3 is 29.2 Å². The van der Waals surface area contributed by atoms with Gasteiger partial charge in [0, 0.05) is 32.4 Å². The predicted octanol–water partition coefficient (Wildman–Crippen LogP) is 2.41. The lowest BCUT2D eigenvalue weighted by Gasteiger charge is -2.36. The summed E-state index contributed by atoms with van der Waals surface area (Å²) in [4.78, 5) is 26.2. The lowest BCUT2D eigenvalue weighted by Crippen LogP contribution is -2.39. The average molecular weight is 434 g/mol. The number of carboxylic acid groups (broad SMARTS) is 1. The molecule has 2 heterocycles. The molecular formula is C22H27FN2O6. The van der Waals surface area contributed by atoms with Gasteiger partial charge in [-0.3, -0.25) is 4.79 Å². The SMILES string of the molecule is COCC(O)C1CCN(c2c(F)cc3c(=O)c(C(=O)O)cn(C4CC4)c3c2OC)CC1. The highest BCUT2D eigenvalue weighted by atomic mass is 19.1. The molecule has 1 aromatic carbocycles. The van der Waals surface area contributed by atoms with Crippen LogP contribution in [0.15, 0.2) is 17.1 Å². The number of ether oxygens (including phenoxy) is 2. The number of carbonyl (C=O) groups is 1. The predicted molar refractivity (Wildman–Crippen MR) is 113 cm³/mol. The van der Waals surface area contributed by atoms with Gasteiger partial charge in [0.15, 0.2) is 11.6 Å². The second kappa shape index (κ2) is 8.47. The van der Waals surface area contributed by atoms with Crippen LogP contribution in [0.2, 0.25) is 0 Å². The number of methoxy groups -OCH3 is 2. The van der Waals surface area contributed by atoms with Gasteiger partial charge in [-0.25, -0.2) is 9.18 Å². The Labute approximate surface area is 178 Å². The zero-order valence-electron chi connectivity index (χ0n) is 17.6. The summed E-state index contributed by atoms with van der Waals surface area (Å²) in [5, 5.41) is 19.7. The molecule has 2 aromatic rings. The van der Waals surface area contributed by atoms with Crippen LogP contribution in [0.4, 0.5) is 10.1 Å². The number of benzene rings is 1. The van der Waals surface area contributed by atoms with Crippen molar-refractivity contribution in [1.29, 1.82) is 0 Å². The Balaban J connectivity index is 1.80. The summed E-state index contributed by atoms with van der Waals surface area (Å²) < 4.78 is 27.7. The van der Waals surface area contributed by atoms with Gasteiger partial charge in [-0.15, -0.1) is 0 Å². The lowest BCUT2D eigenvalue weighted by molar-refractivity contribution is 0.0176. The Morgan fingerprint density at radius 1 is 1.26 bits per heavy atom. The molecule has 1 saturated carbocycles. The maximum atomic E-state index is 15.3. The van der Waals surface area contributed by atoms with Gasteiger partial charge in [0.25, 0.3) is 0 Å². The van der Waals surface area contributed by atoms with Crippen LogP contribution >= 0.6 is 0 Å². The minimum Gasteiger partial charge on any atom is -0.492 e. The molecule has 4 rings (SSSR count). The van der Waals surface area contributed by atoms with Gasteiger partial charge in [-0.1, -0.05) is 0 Å². The van der Waals surface area contributed by atoms with Crippen LogP contribution in [-0.4, -0.2) is 60.8 Å². The monoisotopic (exact) mass is 434 g/mol. The molecule has 168 valence electrons. The lowest BCUT2D eigenvalue weighted by atomic mass is 9.91. The third-order valence-corrected chi connectivity index (χ3v) is 6.31. The van der Waals surface area contributed by atoms with Crippen molar-refractivity contribution in [2.75, 3.05) is 38.8 Å². The number of fused-ring (bicyclic) bond motifs is 1. The molecule has 8 nitrogen and oxygen atoms in total. The van der Waals surface area contributed by atoms with E-state index in [0.717, 1.165) is 18.9 Å². The molecule has 9 heteroatoms. The minimum absolute atomic E-state index is 0.00954. The third kappa shape index (κ3) is 3.87. The van der Waals surface area contributed by atoms with E-state index in [4.69, 9.17) is 9.47 Å². The summed E-state index contributed by atoms with van der Waals surface area (Å²) in [7, 11) is 2.97. The molecule has 1 saturated heterocycles. The largest absolute Gasteiger partial charge is 0.492 e. The Hall–Kier alpha value is -2.65. The number of aromatic carboxylic acids is 1. The molecule has 1 aliphatic carbocycles. The van der Waals surface area contributed by atoms with Gasteiger partial charge in [-0.2, -0.15) is 0 Å². The zero-order valence-corrected chi connectivity index (χ0v) is 17.6. The molecule has 0 bridgehead atoms. The summed E-state index contributed by atoms with van der Waals surface area (Å²) >= 11 is 0. The van der Waals surface area contributed by atoms with Gasteiger partial charge in [-0.05, 0) is 37.7 Å². The van der Waals surface area contributed by atoms with E-state index < -0.39 is 23.3 Å². The fourth-order valence-electron chi connectivity index (χ4n) is 4.54. The third-order valence-electron chi connectivity index (χ3n) is 6.31. The quantitative estimate of drug-likeness (QED) is 0.690. The van der Waals surface area contributed by atoms with Crippen LogP contribution in [0.25, 0.3) is 10.9 Å². The van der Waals surface area contributed by atoms with Crippen molar-refractivity contribution in [1.82, 2.24) is 4.57 Å². The van der Waals surface area contributed by atoms with Gasteiger partial charge >= 0.3 is 5.97 Å². The summed E-state index contributed by atoms with van der Waals surface area (Å²) in [6.45, 7) is 1.30. The summed E-state index contributed by atoms with van der Waals surface area (Å²) in [5.41, 5.74) is -0.393. The topological polar surface area (TPSA) is 101 Å². The molecule has 2 fully saturated rings. The van der Waals surface area contributed by atoms with Crippen molar-refractivity contribution >= 4 is 22.6 Å². The highest BCUT2D eigenvalue weighted by Crippen LogP contribution is 2.44. The van der Waals surface area contributed by atoms with Crippen LogP contribution in [0.1, 0.15) is 42.1 Å². The van der Waals surface area contributed by atoms with E-state index in [1.165, 1.54) is 13.3 Å². The van der Waals surface area contributed by atoms with E-state index in [0.29, 0.717) is 31.4 Å². The smallest absolute Gasteiger partial charge is 0.341 e. The van der Waals surface area contributed by atoms with Crippen molar-refractivity contribution in [3.05, 3.63) is 33.9 Å².